The number of rotatable bonds is 4. The zero-order valence-corrected chi connectivity index (χ0v) is 14.5. The van der Waals surface area contributed by atoms with Crippen LogP contribution in [0, 0.1) is 5.92 Å². The highest BCUT2D eigenvalue weighted by molar-refractivity contribution is 8.09. The average molecular weight is 369 g/mol. The summed E-state index contributed by atoms with van der Waals surface area (Å²) >= 11 is 1.20. The molecule has 3 rings (SSSR count). The van der Waals surface area contributed by atoms with Gasteiger partial charge in [-0.2, -0.15) is 0 Å². The van der Waals surface area contributed by atoms with Gasteiger partial charge in [0.05, 0.1) is 16.9 Å². The smallest absolute Gasteiger partial charge is 0.353 e. The minimum atomic E-state index is -3.35. The van der Waals surface area contributed by atoms with Gasteiger partial charge in [-0.15, -0.1) is 0 Å². The molecule has 1 amide bonds. The predicted octanol–water partition coefficient (Wildman–Crippen LogP) is 0.755. The van der Waals surface area contributed by atoms with Crippen LogP contribution in [-0.4, -0.2) is 53.1 Å². The zero-order valence-electron chi connectivity index (χ0n) is 12.8. The monoisotopic (exact) mass is 369 g/mol. The molecule has 2 N–H and O–H groups in total. The number of benzene rings is 1. The minimum absolute atomic E-state index is 0.126. The molecule has 0 radical (unpaired) electrons. The van der Waals surface area contributed by atoms with Crippen LogP contribution in [-0.2, 0) is 19.4 Å². The molecule has 2 aliphatic rings. The van der Waals surface area contributed by atoms with Gasteiger partial charge in [0.15, 0.2) is 9.84 Å². The number of thioether (sulfide) groups is 1. The fraction of sp³-hybridized carbons (Fsp3) is 0.333. The number of aliphatic carboxylic acids is 1. The van der Waals surface area contributed by atoms with E-state index in [1.54, 1.807) is 0 Å². The maximum atomic E-state index is 12.1. The Hall–Kier alpha value is -1.84. The maximum absolute atomic E-state index is 12.1. The number of hydrogen-bond donors (Lipinski definition) is 2. The topological polar surface area (TPSA) is 112 Å². The largest absolute Gasteiger partial charge is 0.477 e. The van der Waals surface area contributed by atoms with Gasteiger partial charge in [-0.3, -0.25) is 9.69 Å². The zero-order chi connectivity index (χ0) is 17.8. The van der Waals surface area contributed by atoms with Crippen LogP contribution >= 0.6 is 11.8 Å². The average Bonchev–Trinajstić information content (AvgIpc) is 2.81. The number of carboxylic acid groups (broad SMARTS) is 1. The number of fused-ring (bicyclic) bond motifs is 1. The van der Waals surface area contributed by atoms with Crippen LogP contribution in [0.5, 0.6) is 0 Å². The summed E-state index contributed by atoms with van der Waals surface area (Å²) in [5.74, 6) is -2.29. The lowest BCUT2D eigenvalue weighted by Gasteiger charge is -2.43. The van der Waals surface area contributed by atoms with E-state index >= 15 is 0 Å². The normalized spacial score (nSPS) is 24.6. The molecule has 0 spiro atoms. The van der Waals surface area contributed by atoms with Crippen molar-refractivity contribution in [2.24, 2.45) is 5.92 Å². The quantitative estimate of drug-likeness (QED) is 0.753. The Morgan fingerprint density at radius 1 is 1.29 bits per heavy atom. The number of nitrogens with zero attached hydrogens (tertiary/aromatic N) is 1. The fourth-order valence-corrected chi connectivity index (χ4v) is 5.09. The Bertz CT molecular complexity index is 856. The third-order valence-corrected chi connectivity index (χ3v) is 6.58. The third-order valence-electron chi connectivity index (χ3n) is 4.05. The van der Waals surface area contributed by atoms with Crippen LogP contribution in [0.15, 0.2) is 34.9 Å². The highest BCUT2D eigenvalue weighted by Gasteiger charge is 2.57. The number of amides is 1. The molecule has 0 bridgehead atoms. The standard InChI is InChI=1S/C15H15NO6S2/c1-7(17)10-13(18)16-11(15(19)20)12(23-14(10)16)8-3-5-9(6-4-8)24(2,21)22/h3-7,10,14,17H,1-2H3,(H,19,20)/t7-,10+,14-/m1/s1. The molecule has 128 valence electrons. The van der Waals surface area contributed by atoms with Gasteiger partial charge in [-0.25, -0.2) is 13.2 Å². The molecule has 0 unspecified atom stereocenters. The van der Waals surface area contributed by atoms with E-state index in [4.69, 9.17) is 0 Å². The fourth-order valence-electron chi connectivity index (χ4n) is 2.84. The van der Waals surface area contributed by atoms with E-state index in [0.29, 0.717) is 10.5 Å². The Kier molecular flexibility index (Phi) is 3.97. The Morgan fingerprint density at radius 2 is 1.88 bits per heavy atom. The molecule has 3 atom stereocenters. The highest BCUT2D eigenvalue weighted by Crippen LogP contribution is 2.53. The minimum Gasteiger partial charge on any atom is -0.477 e. The molecule has 0 aromatic heterocycles. The van der Waals surface area contributed by atoms with Gasteiger partial charge in [0.1, 0.15) is 11.1 Å². The highest BCUT2D eigenvalue weighted by atomic mass is 32.2. The number of hydrogen-bond acceptors (Lipinski definition) is 6. The van der Waals surface area contributed by atoms with Crippen molar-refractivity contribution in [3.8, 4) is 0 Å². The van der Waals surface area contributed by atoms with Gasteiger partial charge in [-0.05, 0) is 24.6 Å². The summed E-state index contributed by atoms with van der Waals surface area (Å²) in [5.41, 5.74) is 0.398. The molecule has 2 aliphatic heterocycles. The van der Waals surface area contributed by atoms with E-state index in [2.05, 4.69) is 0 Å². The van der Waals surface area contributed by atoms with Crippen LogP contribution < -0.4 is 0 Å². The van der Waals surface area contributed by atoms with Crippen LogP contribution in [0.25, 0.3) is 4.91 Å². The number of carbonyl (C=O) groups is 2. The van der Waals surface area contributed by atoms with Gasteiger partial charge >= 0.3 is 5.97 Å². The predicted molar refractivity (Wildman–Crippen MR) is 87.5 cm³/mol. The molecule has 9 heteroatoms. The van der Waals surface area contributed by atoms with E-state index in [1.165, 1.54) is 47.9 Å². The molecule has 1 aromatic rings. The van der Waals surface area contributed by atoms with Crippen molar-refractivity contribution in [1.29, 1.82) is 0 Å². The molecule has 24 heavy (non-hydrogen) atoms. The number of sulfone groups is 1. The van der Waals surface area contributed by atoms with Crippen LogP contribution in [0.1, 0.15) is 12.5 Å². The first-order valence-electron chi connectivity index (χ1n) is 7.09. The first-order chi connectivity index (χ1) is 11.1. The van der Waals surface area contributed by atoms with E-state index in [1.807, 2.05) is 0 Å². The van der Waals surface area contributed by atoms with Crippen molar-refractivity contribution in [1.82, 2.24) is 4.90 Å². The molecule has 0 aliphatic carbocycles. The SMILES string of the molecule is C[C@@H](O)[C@H]1C(=O)N2C(C(=O)O)=C(c3ccc(S(C)(=O)=O)cc3)S[C@H]12. The number of carbonyl (C=O) groups excluding carboxylic acids is 1. The Balaban J connectivity index is 2.01. The summed E-state index contributed by atoms with van der Waals surface area (Å²) in [6, 6.07) is 5.85. The summed E-state index contributed by atoms with van der Waals surface area (Å²) in [5, 5.41) is 18.7. The lowest BCUT2D eigenvalue weighted by atomic mass is 9.92. The van der Waals surface area contributed by atoms with Gasteiger partial charge < -0.3 is 10.2 Å². The lowest BCUT2D eigenvalue weighted by Crippen LogP contribution is -2.60. The Labute approximate surface area is 142 Å². The van der Waals surface area contributed by atoms with Gasteiger partial charge in [0.2, 0.25) is 5.91 Å². The summed E-state index contributed by atoms with van der Waals surface area (Å²) in [4.78, 5) is 25.4. The number of β-lactam (4-membered cyclic amide) rings is 1. The van der Waals surface area contributed by atoms with Crippen molar-refractivity contribution in [3.05, 3.63) is 35.5 Å². The summed E-state index contributed by atoms with van der Waals surface area (Å²) in [7, 11) is -3.35. The van der Waals surface area contributed by atoms with E-state index in [9.17, 15) is 28.2 Å². The molecular weight excluding hydrogens is 354 g/mol. The van der Waals surface area contributed by atoms with Crippen molar-refractivity contribution in [2.75, 3.05) is 6.26 Å². The van der Waals surface area contributed by atoms with Gasteiger partial charge in [-0.1, -0.05) is 23.9 Å². The molecule has 7 nitrogen and oxygen atoms in total. The second kappa shape index (κ2) is 5.61. The molecule has 2 heterocycles. The number of aliphatic hydroxyl groups is 1. The summed E-state index contributed by atoms with van der Waals surface area (Å²) in [6.45, 7) is 1.50. The second-order valence-electron chi connectivity index (χ2n) is 5.76. The second-order valence-corrected chi connectivity index (χ2v) is 8.91. The van der Waals surface area contributed by atoms with Gasteiger partial charge in [0.25, 0.3) is 0 Å². The van der Waals surface area contributed by atoms with Crippen molar-refractivity contribution in [2.45, 2.75) is 23.3 Å². The third kappa shape index (κ3) is 2.52. The van der Waals surface area contributed by atoms with Crippen molar-refractivity contribution in [3.63, 3.8) is 0 Å². The molecular formula is C15H15NO6S2. The van der Waals surface area contributed by atoms with E-state index in [0.717, 1.165) is 6.26 Å². The number of carboxylic acids is 1. The van der Waals surface area contributed by atoms with Crippen LogP contribution in [0.2, 0.25) is 0 Å². The molecule has 0 saturated carbocycles. The molecule has 1 fully saturated rings. The molecule has 1 aromatic carbocycles. The Morgan fingerprint density at radius 3 is 2.33 bits per heavy atom. The molecule has 1 saturated heterocycles. The first kappa shape index (κ1) is 17.0. The number of aliphatic hydroxyl groups excluding tert-OH is 1. The van der Waals surface area contributed by atoms with Gasteiger partial charge in [0, 0.05) is 11.2 Å². The van der Waals surface area contributed by atoms with Crippen LogP contribution in [0.3, 0.4) is 0 Å². The van der Waals surface area contributed by atoms with Crippen molar-refractivity contribution >= 4 is 38.4 Å². The van der Waals surface area contributed by atoms with Crippen LogP contribution in [0.4, 0.5) is 0 Å². The summed E-state index contributed by atoms with van der Waals surface area (Å²) < 4.78 is 23.0. The van der Waals surface area contributed by atoms with E-state index in [-0.39, 0.29) is 10.6 Å². The maximum Gasteiger partial charge on any atom is 0.353 e. The summed E-state index contributed by atoms with van der Waals surface area (Å²) in [6.07, 6.45) is 0.222. The lowest BCUT2D eigenvalue weighted by molar-refractivity contribution is -0.156. The van der Waals surface area contributed by atoms with E-state index < -0.39 is 39.1 Å². The first-order valence-corrected chi connectivity index (χ1v) is 9.86. The van der Waals surface area contributed by atoms with Crippen molar-refractivity contribution < 1.29 is 28.2 Å².